The highest BCUT2D eigenvalue weighted by atomic mass is 35.5. The van der Waals surface area contributed by atoms with Crippen molar-refractivity contribution in [1.29, 1.82) is 0 Å². The molecule has 0 fully saturated rings. The third-order valence-electron chi connectivity index (χ3n) is 5.22. The van der Waals surface area contributed by atoms with Gasteiger partial charge in [0.25, 0.3) is 0 Å². The van der Waals surface area contributed by atoms with Crippen molar-refractivity contribution < 1.29 is 4.74 Å². The smallest absolute Gasteiger partial charge is 0.142 e. The van der Waals surface area contributed by atoms with E-state index in [9.17, 15) is 0 Å². The summed E-state index contributed by atoms with van der Waals surface area (Å²) in [6.07, 6.45) is 6.43. The molecule has 1 aliphatic carbocycles. The fourth-order valence-electron chi connectivity index (χ4n) is 3.73. The Hall–Kier alpha value is -2.63. The van der Waals surface area contributed by atoms with Crippen molar-refractivity contribution in [2.45, 2.75) is 32.3 Å². The van der Waals surface area contributed by atoms with Gasteiger partial charge in [-0.15, -0.1) is 11.3 Å². The maximum atomic E-state index is 6.19. The molecule has 146 valence electrons. The van der Waals surface area contributed by atoms with Crippen LogP contribution in [-0.4, -0.2) is 9.97 Å². The number of anilines is 2. The molecule has 0 saturated carbocycles. The van der Waals surface area contributed by atoms with Crippen molar-refractivity contribution in [1.82, 2.24) is 9.97 Å². The first-order valence-electron chi connectivity index (χ1n) is 9.76. The van der Waals surface area contributed by atoms with Crippen LogP contribution in [0.15, 0.2) is 54.9 Å². The summed E-state index contributed by atoms with van der Waals surface area (Å²) in [5, 5.41) is 5.38. The molecule has 29 heavy (non-hydrogen) atoms. The number of thiophene rings is 1. The molecule has 1 aliphatic rings. The summed E-state index contributed by atoms with van der Waals surface area (Å²) in [7, 11) is 0. The SMILES string of the molecule is Clc1ccccc1COc1ccc(Nc2ncnc3sc4c(c23)CCCC4)cc1. The standard InChI is InChI=1S/C23H20ClN3OS/c24-19-7-3-1-5-15(19)13-28-17-11-9-16(10-12-17)27-22-21-18-6-2-4-8-20(18)29-23(21)26-14-25-22/h1,3,5,7,9-12,14H,2,4,6,8,13H2,(H,25,26,27). The number of nitrogens with zero attached hydrogens (tertiary/aromatic N) is 2. The van der Waals surface area contributed by atoms with Crippen LogP contribution in [0.2, 0.25) is 5.02 Å². The molecule has 5 rings (SSSR count). The third-order valence-corrected chi connectivity index (χ3v) is 6.79. The molecule has 4 nitrogen and oxygen atoms in total. The highest BCUT2D eigenvalue weighted by molar-refractivity contribution is 7.19. The first kappa shape index (κ1) is 18.4. The van der Waals surface area contributed by atoms with Crippen molar-refractivity contribution in [2.24, 2.45) is 0 Å². The lowest BCUT2D eigenvalue weighted by Gasteiger charge is -2.13. The third kappa shape index (κ3) is 3.80. The van der Waals surface area contributed by atoms with Crippen LogP contribution in [0.25, 0.3) is 10.2 Å². The molecule has 1 N–H and O–H groups in total. The normalized spacial score (nSPS) is 13.3. The van der Waals surface area contributed by atoms with Gasteiger partial charge in [-0.2, -0.15) is 0 Å². The number of hydrogen-bond acceptors (Lipinski definition) is 5. The van der Waals surface area contributed by atoms with Crippen molar-refractivity contribution in [3.63, 3.8) is 0 Å². The quantitative estimate of drug-likeness (QED) is 0.397. The Morgan fingerprint density at radius 3 is 2.69 bits per heavy atom. The maximum Gasteiger partial charge on any atom is 0.142 e. The Labute approximate surface area is 178 Å². The zero-order valence-corrected chi connectivity index (χ0v) is 17.4. The van der Waals surface area contributed by atoms with E-state index in [-0.39, 0.29) is 0 Å². The number of fused-ring (bicyclic) bond motifs is 3. The van der Waals surface area contributed by atoms with Gasteiger partial charge in [0.1, 0.15) is 29.3 Å². The number of aromatic nitrogens is 2. The number of halogens is 1. The second kappa shape index (κ2) is 8.01. The van der Waals surface area contributed by atoms with E-state index in [1.807, 2.05) is 59.9 Å². The minimum atomic E-state index is 0.444. The van der Waals surface area contributed by atoms with Crippen LogP contribution in [0.4, 0.5) is 11.5 Å². The monoisotopic (exact) mass is 421 g/mol. The summed E-state index contributed by atoms with van der Waals surface area (Å²) in [5.41, 5.74) is 3.38. The predicted molar refractivity (Wildman–Crippen MR) is 120 cm³/mol. The van der Waals surface area contributed by atoms with Crippen LogP contribution in [0, 0.1) is 0 Å². The lowest BCUT2D eigenvalue weighted by Crippen LogP contribution is -2.01. The van der Waals surface area contributed by atoms with E-state index in [1.54, 1.807) is 6.33 Å². The second-order valence-electron chi connectivity index (χ2n) is 7.14. The van der Waals surface area contributed by atoms with E-state index >= 15 is 0 Å². The zero-order chi connectivity index (χ0) is 19.6. The summed E-state index contributed by atoms with van der Waals surface area (Å²) in [6, 6.07) is 15.7. The Kier molecular flexibility index (Phi) is 5.08. The second-order valence-corrected chi connectivity index (χ2v) is 8.63. The average Bonchev–Trinajstić information content (AvgIpc) is 3.14. The zero-order valence-electron chi connectivity index (χ0n) is 15.8. The molecule has 0 amide bonds. The maximum absolute atomic E-state index is 6.19. The first-order chi connectivity index (χ1) is 14.3. The van der Waals surface area contributed by atoms with E-state index in [2.05, 4.69) is 15.3 Å². The molecular weight excluding hydrogens is 402 g/mol. The van der Waals surface area contributed by atoms with Gasteiger partial charge in [0, 0.05) is 21.2 Å². The van der Waals surface area contributed by atoms with Crippen molar-refractivity contribution in [3.8, 4) is 5.75 Å². The number of ether oxygens (including phenoxy) is 1. The Balaban J connectivity index is 1.34. The fourth-order valence-corrected chi connectivity index (χ4v) is 5.15. The first-order valence-corrected chi connectivity index (χ1v) is 11.0. The van der Waals surface area contributed by atoms with Gasteiger partial charge >= 0.3 is 0 Å². The Morgan fingerprint density at radius 2 is 1.83 bits per heavy atom. The highest BCUT2D eigenvalue weighted by Gasteiger charge is 2.19. The van der Waals surface area contributed by atoms with Gasteiger partial charge in [-0.25, -0.2) is 9.97 Å². The number of benzene rings is 2. The Morgan fingerprint density at radius 1 is 1.00 bits per heavy atom. The molecular formula is C23H20ClN3OS. The highest BCUT2D eigenvalue weighted by Crippen LogP contribution is 2.38. The molecule has 0 aliphatic heterocycles. The molecule has 2 aromatic carbocycles. The van der Waals surface area contributed by atoms with Crippen LogP contribution in [0.3, 0.4) is 0 Å². The molecule has 0 atom stereocenters. The van der Waals surface area contributed by atoms with Gasteiger partial charge in [0.15, 0.2) is 0 Å². The van der Waals surface area contributed by atoms with Crippen molar-refractivity contribution in [2.75, 3.05) is 5.32 Å². The van der Waals surface area contributed by atoms with E-state index in [0.29, 0.717) is 6.61 Å². The van der Waals surface area contributed by atoms with Gasteiger partial charge in [-0.1, -0.05) is 29.8 Å². The number of hydrogen-bond donors (Lipinski definition) is 1. The summed E-state index contributed by atoms with van der Waals surface area (Å²) < 4.78 is 5.87. The average molecular weight is 422 g/mol. The predicted octanol–water partition coefficient (Wildman–Crippen LogP) is 6.55. The molecule has 0 radical (unpaired) electrons. The molecule has 2 heterocycles. The van der Waals surface area contributed by atoms with Gasteiger partial charge in [-0.05, 0) is 61.6 Å². The van der Waals surface area contributed by atoms with Crippen LogP contribution in [0.1, 0.15) is 28.8 Å². The van der Waals surface area contributed by atoms with Crippen LogP contribution in [-0.2, 0) is 19.4 Å². The Bertz CT molecular complexity index is 1160. The molecule has 0 saturated heterocycles. The fraction of sp³-hybridized carbons (Fsp3) is 0.217. The molecule has 2 aromatic heterocycles. The largest absolute Gasteiger partial charge is 0.489 e. The molecule has 0 spiro atoms. The lowest BCUT2D eigenvalue weighted by molar-refractivity contribution is 0.306. The molecule has 0 unspecified atom stereocenters. The van der Waals surface area contributed by atoms with E-state index in [1.165, 1.54) is 28.7 Å². The molecule has 0 bridgehead atoms. The summed E-state index contributed by atoms with van der Waals surface area (Å²) in [6.45, 7) is 0.444. The van der Waals surface area contributed by atoms with E-state index < -0.39 is 0 Å². The minimum Gasteiger partial charge on any atom is -0.489 e. The van der Waals surface area contributed by atoms with Crippen molar-refractivity contribution >= 4 is 44.7 Å². The van der Waals surface area contributed by atoms with Gasteiger partial charge < -0.3 is 10.1 Å². The molecule has 6 heteroatoms. The number of rotatable bonds is 5. The minimum absolute atomic E-state index is 0.444. The molecule has 4 aromatic rings. The van der Waals surface area contributed by atoms with E-state index in [4.69, 9.17) is 16.3 Å². The van der Waals surface area contributed by atoms with Crippen LogP contribution >= 0.6 is 22.9 Å². The van der Waals surface area contributed by atoms with Gasteiger partial charge in [0.05, 0.1) is 5.39 Å². The van der Waals surface area contributed by atoms with Gasteiger partial charge in [-0.3, -0.25) is 0 Å². The van der Waals surface area contributed by atoms with Crippen molar-refractivity contribution in [3.05, 3.63) is 75.9 Å². The van der Waals surface area contributed by atoms with E-state index in [0.717, 1.165) is 45.5 Å². The summed E-state index contributed by atoms with van der Waals surface area (Å²) in [5.74, 6) is 1.69. The summed E-state index contributed by atoms with van der Waals surface area (Å²) in [4.78, 5) is 11.6. The van der Waals surface area contributed by atoms with Crippen LogP contribution in [0.5, 0.6) is 5.75 Å². The number of aryl methyl sites for hydroxylation is 2. The lowest BCUT2D eigenvalue weighted by atomic mass is 9.97. The topological polar surface area (TPSA) is 47.0 Å². The number of nitrogens with one attached hydrogen (secondary N) is 1. The van der Waals surface area contributed by atoms with Gasteiger partial charge in [0.2, 0.25) is 0 Å². The summed E-state index contributed by atoms with van der Waals surface area (Å²) >= 11 is 8.00. The van der Waals surface area contributed by atoms with Crippen LogP contribution < -0.4 is 10.1 Å².